The lowest BCUT2D eigenvalue weighted by Gasteiger charge is -2.17. The second-order valence-electron chi connectivity index (χ2n) is 6.85. The van der Waals surface area contributed by atoms with Crippen molar-refractivity contribution < 1.29 is 0 Å². The molecule has 0 saturated heterocycles. The number of fused-ring (bicyclic) bond motifs is 1. The highest BCUT2D eigenvalue weighted by molar-refractivity contribution is 5.78. The summed E-state index contributed by atoms with van der Waals surface area (Å²) in [6, 6.07) is 10.2. The maximum absolute atomic E-state index is 13.2. The van der Waals surface area contributed by atoms with Gasteiger partial charge < -0.3 is 0 Å². The lowest BCUT2D eigenvalue weighted by Crippen LogP contribution is -2.25. The Kier molecular flexibility index (Phi) is 4.38. The largest absolute Gasteiger partial charge is 0.295 e. The number of benzene rings is 1. The van der Waals surface area contributed by atoms with Crippen LogP contribution in [0.2, 0.25) is 0 Å². The number of para-hydroxylation sites is 1. The van der Waals surface area contributed by atoms with Crippen LogP contribution >= 0.6 is 0 Å². The molecule has 0 aliphatic heterocycles. The fraction of sp³-hybridized carbons (Fsp3) is 0.450. The SMILES string of the molecule is CCc1nn(-c2ccccc2)c2ncn(C3CCCCCC3)c(=O)c12. The Morgan fingerprint density at radius 1 is 1.08 bits per heavy atom. The summed E-state index contributed by atoms with van der Waals surface area (Å²) < 4.78 is 3.66. The average Bonchev–Trinajstić information content (AvgIpc) is 2.83. The number of nitrogens with zero attached hydrogens (tertiary/aromatic N) is 4. The van der Waals surface area contributed by atoms with Crippen LogP contribution in [0.5, 0.6) is 0 Å². The van der Waals surface area contributed by atoms with Crippen molar-refractivity contribution in [1.82, 2.24) is 19.3 Å². The van der Waals surface area contributed by atoms with Gasteiger partial charge in [0.15, 0.2) is 5.65 Å². The van der Waals surface area contributed by atoms with Crippen LogP contribution in [0.25, 0.3) is 16.7 Å². The lowest BCUT2D eigenvalue weighted by molar-refractivity contribution is 0.429. The monoisotopic (exact) mass is 336 g/mol. The molecule has 1 aliphatic rings. The molecule has 0 atom stereocenters. The zero-order chi connectivity index (χ0) is 17.2. The number of rotatable bonds is 3. The standard InChI is InChI=1S/C20H24N4O/c1-2-17-18-19(24(22-17)16-12-8-5-9-13-16)21-14-23(20(18)25)15-10-6-3-4-7-11-15/h5,8-9,12-15H,2-4,6-7,10-11H2,1H3. The lowest BCUT2D eigenvalue weighted by atomic mass is 10.1. The summed E-state index contributed by atoms with van der Waals surface area (Å²) in [6.07, 6.45) is 9.53. The van der Waals surface area contributed by atoms with Gasteiger partial charge in [0.25, 0.3) is 5.56 Å². The molecular formula is C20H24N4O. The van der Waals surface area contributed by atoms with Crippen molar-refractivity contribution in [1.29, 1.82) is 0 Å². The molecule has 1 fully saturated rings. The smallest absolute Gasteiger partial charge is 0.265 e. The van der Waals surface area contributed by atoms with E-state index >= 15 is 0 Å². The van der Waals surface area contributed by atoms with Crippen molar-refractivity contribution in [3.63, 3.8) is 0 Å². The molecule has 25 heavy (non-hydrogen) atoms. The Balaban J connectivity index is 1.88. The summed E-state index contributed by atoms with van der Waals surface area (Å²) in [5, 5.41) is 5.36. The third-order valence-corrected chi connectivity index (χ3v) is 5.24. The van der Waals surface area contributed by atoms with Gasteiger partial charge in [0.05, 0.1) is 11.4 Å². The molecular weight excluding hydrogens is 312 g/mol. The van der Waals surface area contributed by atoms with Gasteiger partial charge in [0, 0.05) is 6.04 Å². The van der Waals surface area contributed by atoms with E-state index in [4.69, 9.17) is 0 Å². The Bertz CT molecular complexity index is 918. The maximum Gasteiger partial charge on any atom is 0.265 e. The third kappa shape index (κ3) is 2.88. The van der Waals surface area contributed by atoms with Gasteiger partial charge in [-0.1, -0.05) is 50.8 Å². The van der Waals surface area contributed by atoms with Crippen molar-refractivity contribution in [3.8, 4) is 5.69 Å². The second-order valence-corrected chi connectivity index (χ2v) is 6.85. The molecule has 2 heterocycles. The van der Waals surface area contributed by atoms with E-state index in [1.807, 2.05) is 41.8 Å². The topological polar surface area (TPSA) is 52.7 Å². The van der Waals surface area contributed by atoms with Crippen molar-refractivity contribution in [3.05, 3.63) is 52.7 Å². The fourth-order valence-electron chi connectivity index (χ4n) is 3.88. The van der Waals surface area contributed by atoms with Crippen molar-refractivity contribution >= 4 is 11.0 Å². The summed E-state index contributed by atoms with van der Waals surface area (Å²) >= 11 is 0. The first kappa shape index (κ1) is 16.1. The second kappa shape index (κ2) is 6.82. The van der Waals surface area contributed by atoms with Crippen LogP contribution in [-0.2, 0) is 6.42 Å². The first-order chi connectivity index (χ1) is 12.3. The molecule has 0 spiro atoms. The highest BCUT2D eigenvalue weighted by Gasteiger charge is 2.21. The van der Waals surface area contributed by atoms with Gasteiger partial charge in [0.2, 0.25) is 0 Å². The quantitative estimate of drug-likeness (QED) is 0.678. The van der Waals surface area contributed by atoms with Crippen molar-refractivity contribution in [2.24, 2.45) is 0 Å². The van der Waals surface area contributed by atoms with Crippen LogP contribution in [0, 0.1) is 0 Å². The van der Waals surface area contributed by atoms with Crippen LogP contribution in [0.15, 0.2) is 41.5 Å². The molecule has 0 unspecified atom stereocenters. The van der Waals surface area contributed by atoms with Gasteiger partial charge >= 0.3 is 0 Å². The van der Waals surface area contributed by atoms with E-state index in [9.17, 15) is 4.79 Å². The van der Waals surface area contributed by atoms with Crippen LogP contribution in [0.3, 0.4) is 0 Å². The van der Waals surface area contributed by atoms with E-state index < -0.39 is 0 Å². The maximum atomic E-state index is 13.2. The zero-order valence-electron chi connectivity index (χ0n) is 14.7. The van der Waals surface area contributed by atoms with E-state index in [0.717, 1.165) is 30.6 Å². The minimum absolute atomic E-state index is 0.0657. The first-order valence-electron chi connectivity index (χ1n) is 9.33. The van der Waals surface area contributed by atoms with Gasteiger partial charge in [-0.25, -0.2) is 9.67 Å². The predicted octanol–water partition coefficient (Wildman–Crippen LogP) is 4.04. The molecule has 3 aromatic rings. The van der Waals surface area contributed by atoms with Crippen LogP contribution in [0.1, 0.15) is 57.2 Å². The summed E-state index contributed by atoms with van der Waals surface area (Å²) in [4.78, 5) is 17.9. The fourth-order valence-corrected chi connectivity index (χ4v) is 3.88. The minimum Gasteiger partial charge on any atom is -0.295 e. The van der Waals surface area contributed by atoms with E-state index in [0.29, 0.717) is 11.0 Å². The highest BCUT2D eigenvalue weighted by Crippen LogP contribution is 2.27. The number of aryl methyl sites for hydroxylation is 1. The number of hydrogen-bond acceptors (Lipinski definition) is 3. The molecule has 0 N–H and O–H groups in total. The molecule has 5 heteroatoms. The third-order valence-electron chi connectivity index (χ3n) is 5.24. The summed E-state index contributed by atoms with van der Waals surface area (Å²) in [6.45, 7) is 2.04. The molecule has 0 radical (unpaired) electrons. The van der Waals surface area contributed by atoms with Crippen molar-refractivity contribution in [2.75, 3.05) is 0 Å². The van der Waals surface area contributed by atoms with Crippen LogP contribution < -0.4 is 5.56 Å². The predicted molar refractivity (Wildman–Crippen MR) is 99.2 cm³/mol. The minimum atomic E-state index is 0.0657. The zero-order valence-corrected chi connectivity index (χ0v) is 14.7. The number of aromatic nitrogens is 4. The molecule has 5 nitrogen and oxygen atoms in total. The molecule has 0 bridgehead atoms. The van der Waals surface area contributed by atoms with E-state index in [-0.39, 0.29) is 11.6 Å². The molecule has 1 saturated carbocycles. The normalized spacial score (nSPS) is 16.2. The Morgan fingerprint density at radius 2 is 1.80 bits per heavy atom. The molecule has 2 aromatic heterocycles. The Morgan fingerprint density at radius 3 is 2.48 bits per heavy atom. The van der Waals surface area contributed by atoms with E-state index in [1.54, 1.807) is 11.0 Å². The van der Waals surface area contributed by atoms with Gasteiger partial charge in [-0.3, -0.25) is 9.36 Å². The summed E-state index contributed by atoms with van der Waals surface area (Å²) in [5.74, 6) is 0. The molecule has 0 amide bonds. The van der Waals surface area contributed by atoms with Crippen LogP contribution in [0.4, 0.5) is 0 Å². The van der Waals surface area contributed by atoms with Crippen LogP contribution in [-0.4, -0.2) is 19.3 Å². The van der Waals surface area contributed by atoms with Gasteiger partial charge in [-0.2, -0.15) is 5.10 Å². The average molecular weight is 336 g/mol. The van der Waals surface area contributed by atoms with Gasteiger partial charge in [-0.15, -0.1) is 0 Å². The molecule has 1 aliphatic carbocycles. The molecule has 1 aromatic carbocycles. The van der Waals surface area contributed by atoms with E-state index in [2.05, 4.69) is 10.1 Å². The van der Waals surface area contributed by atoms with Gasteiger partial charge in [0.1, 0.15) is 11.7 Å². The first-order valence-corrected chi connectivity index (χ1v) is 9.33. The Hall–Kier alpha value is -2.43. The van der Waals surface area contributed by atoms with E-state index in [1.165, 1.54) is 25.7 Å². The number of hydrogen-bond donors (Lipinski definition) is 0. The van der Waals surface area contributed by atoms with Gasteiger partial charge in [-0.05, 0) is 31.4 Å². The summed E-state index contributed by atoms with van der Waals surface area (Å²) in [5.41, 5.74) is 2.50. The summed E-state index contributed by atoms with van der Waals surface area (Å²) in [7, 11) is 0. The molecule has 4 rings (SSSR count). The Labute approximate surface area is 147 Å². The van der Waals surface area contributed by atoms with Crippen molar-refractivity contribution in [2.45, 2.75) is 57.9 Å². The highest BCUT2D eigenvalue weighted by atomic mass is 16.1. The molecule has 130 valence electrons.